The minimum Gasteiger partial charge on any atom is -0.314 e. The van der Waals surface area contributed by atoms with Crippen molar-refractivity contribution in [3.63, 3.8) is 0 Å². The van der Waals surface area contributed by atoms with Crippen molar-refractivity contribution in [1.82, 2.24) is 14.5 Å². The molecule has 0 aliphatic rings. The second kappa shape index (κ2) is 3.46. The molecule has 0 N–H and O–H groups in total. The molecule has 2 heterocycles. The quantitative estimate of drug-likeness (QED) is 0.716. The van der Waals surface area contributed by atoms with Gasteiger partial charge in [-0.3, -0.25) is 0 Å². The lowest BCUT2D eigenvalue weighted by atomic mass is 10.3. The summed E-state index contributed by atoms with van der Waals surface area (Å²) in [7, 11) is 0. The molecule has 0 saturated carbocycles. The monoisotopic (exact) mass is 186 g/mol. The Morgan fingerprint density at radius 1 is 1.50 bits per heavy atom. The Bertz CT molecular complexity index is 492. The van der Waals surface area contributed by atoms with Crippen molar-refractivity contribution in [3.05, 3.63) is 24.2 Å². The zero-order chi connectivity index (χ0) is 9.97. The molecule has 0 aliphatic heterocycles. The van der Waals surface area contributed by atoms with Crippen LogP contribution < -0.4 is 0 Å². The maximum absolute atomic E-state index is 8.48. The number of rotatable bonds is 2. The van der Waals surface area contributed by atoms with Gasteiger partial charge in [-0.1, -0.05) is 0 Å². The van der Waals surface area contributed by atoms with Crippen LogP contribution in [0.2, 0.25) is 0 Å². The Kier molecular flexibility index (Phi) is 2.15. The maximum atomic E-state index is 8.48. The van der Waals surface area contributed by atoms with E-state index in [0.29, 0.717) is 13.0 Å². The first-order valence-electron chi connectivity index (χ1n) is 4.45. The highest BCUT2D eigenvalue weighted by molar-refractivity contribution is 5.71. The van der Waals surface area contributed by atoms with Crippen LogP contribution in [0.3, 0.4) is 0 Å². The van der Waals surface area contributed by atoms with E-state index in [9.17, 15) is 0 Å². The number of pyridine rings is 1. The van der Waals surface area contributed by atoms with E-state index in [-0.39, 0.29) is 0 Å². The van der Waals surface area contributed by atoms with Gasteiger partial charge < -0.3 is 4.57 Å². The van der Waals surface area contributed by atoms with Crippen LogP contribution in [-0.2, 0) is 6.54 Å². The molecule has 0 radical (unpaired) electrons. The second-order valence-electron chi connectivity index (χ2n) is 3.20. The van der Waals surface area contributed by atoms with Crippen molar-refractivity contribution >= 4 is 11.2 Å². The molecule has 2 rings (SSSR count). The molecule has 0 aliphatic carbocycles. The topological polar surface area (TPSA) is 54.5 Å². The molecule has 2 aromatic rings. The molecule has 0 unspecified atom stereocenters. The lowest BCUT2D eigenvalue weighted by molar-refractivity contribution is 0.729. The Morgan fingerprint density at radius 2 is 2.36 bits per heavy atom. The van der Waals surface area contributed by atoms with Gasteiger partial charge in [0.15, 0.2) is 5.65 Å². The summed E-state index contributed by atoms with van der Waals surface area (Å²) in [5.74, 6) is 0. The zero-order valence-corrected chi connectivity index (χ0v) is 7.94. The minimum absolute atomic E-state index is 0.487. The highest BCUT2D eigenvalue weighted by Crippen LogP contribution is 2.11. The summed E-state index contributed by atoms with van der Waals surface area (Å²) in [4.78, 5) is 8.51. The summed E-state index contributed by atoms with van der Waals surface area (Å²) in [6, 6.07) is 4.10. The first-order chi connectivity index (χ1) is 6.81. The van der Waals surface area contributed by atoms with Gasteiger partial charge in [-0.25, -0.2) is 9.97 Å². The Labute approximate surface area is 81.8 Å². The van der Waals surface area contributed by atoms with Crippen LogP contribution in [0.4, 0.5) is 0 Å². The molecule has 0 aromatic carbocycles. The maximum Gasteiger partial charge on any atom is 0.159 e. The van der Waals surface area contributed by atoms with E-state index < -0.39 is 0 Å². The third-order valence-corrected chi connectivity index (χ3v) is 2.06. The van der Waals surface area contributed by atoms with Crippen LogP contribution in [0.25, 0.3) is 11.2 Å². The van der Waals surface area contributed by atoms with E-state index in [1.165, 1.54) is 0 Å². The number of nitriles is 1. The highest BCUT2D eigenvalue weighted by atomic mass is 15.1. The van der Waals surface area contributed by atoms with Gasteiger partial charge >= 0.3 is 0 Å². The summed E-state index contributed by atoms with van der Waals surface area (Å²) in [5, 5.41) is 8.48. The predicted molar refractivity (Wildman–Crippen MR) is 52.5 cm³/mol. The van der Waals surface area contributed by atoms with Gasteiger partial charge in [0.25, 0.3) is 0 Å². The Balaban J connectivity index is 2.43. The minimum atomic E-state index is 0.487. The Hall–Kier alpha value is -1.89. The number of nitrogens with zero attached hydrogens (tertiary/aromatic N) is 4. The van der Waals surface area contributed by atoms with Gasteiger partial charge in [0.05, 0.1) is 18.8 Å². The second-order valence-corrected chi connectivity index (χ2v) is 3.20. The summed E-state index contributed by atoms with van der Waals surface area (Å²) in [6.07, 6.45) is 4.03. The van der Waals surface area contributed by atoms with E-state index >= 15 is 0 Å². The fourth-order valence-electron chi connectivity index (χ4n) is 1.38. The van der Waals surface area contributed by atoms with E-state index in [4.69, 9.17) is 5.26 Å². The SMILES string of the molecule is Cc1cnc2c(c1)ncn2CCC#N. The number of fused-ring (bicyclic) bond motifs is 1. The fourth-order valence-corrected chi connectivity index (χ4v) is 1.38. The molecule has 70 valence electrons. The van der Waals surface area contributed by atoms with Gasteiger partial charge in [-0.15, -0.1) is 0 Å². The third-order valence-electron chi connectivity index (χ3n) is 2.06. The smallest absolute Gasteiger partial charge is 0.159 e. The molecule has 2 aromatic heterocycles. The van der Waals surface area contributed by atoms with E-state index in [1.54, 1.807) is 6.33 Å². The molecular weight excluding hydrogens is 176 g/mol. The van der Waals surface area contributed by atoms with Crippen LogP contribution in [0.5, 0.6) is 0 Å². The normalized spacial score (nSPS) is 10.3. The molecule has 14 heavy (non-hydrogen) atoms. The van der Waals surface area contributed by atoms with Gasteiger partial charge in [0.2, 0.25) is 0 Å². The number of hydrogen-bond acceptors (Lipinski definition) is 3. The lowest BCUT2D eigenvalue weighted by Crippen LogP contribution is -1.96. The van der Waals surface area contributed by atoms with Crippen molar-refractivity contribution in [1.29, 1.82) is 5.26 Å². The van der Waals surface area contributed by atoms with Crippen molar-refractivity contribution in [3.8, 4) is 6.07 Å². The Morgan fingerprint density at radius 3 is 3.14 bits per heavy atom. The summed E-state index contributed by atoms with van der Waals surface area (Å²) < 4.78 is 1.90. The number of aromatic nitrogens is 3. The molecule has 0 atom stereocenters. The number of aryl methyl sites for hydroxylation is 2. The molecular formula is C10H10N4. The van der Waals surface area contributed by atoms with Gasteiger partial charge in [-0.05, 0) is 18.6 Å². The summed E-state index contributed by atoms with van der Waals surface area (Å²) in [6.45, 7) is 2.64. The molecule has 0 bridgehead atoms. The van der Waals surface area contributed by atoms with Crippen molar-refractivity contribution < 1.29 is 0 Å². The molecule has 0 fully saturated rings. The highest BCUT2D eigenvalue weighted by Gasteiger charge is 2.02. The van der Waals surface area contributed by atoms with Crippen LogP contribution in [0.1, 0.15) is 12.0 Å². The van der Waals surface area contributed by atoms with Crippen LogP contribution in [-0.4, -0.2) is 14.5 Å². The van der Waals surface area contributed by atoms with Crippen LogP contribution in [0, 0.1) is 18.3 Å². The predicted octanol–water partition coefficient (Wildman–Crippen LogP) is 1.65. The molecule has 4 heteroatoms. The van der Waals surface area contributed by atoms with E-state index in [2.05, 4.69) is 16.0 Å². The fraction of sp³-hybridized carbons (Fsp3) is 0.300. The van der Waals surface area contributed by atoms with Gasteiger partial charge in [0.1, 0.15) is 5.52 Å². The van der Waals surface area contributed by atoms with Gasteiger partial charge in [0, 0.05) is 12.7 Å². The zero-order valence-electron chi connectivity index (χ0n) is 7.94. The third kappa shape index (κ3) is 1.44. The van der Waals surface area contributed by atoms with Crippen LogP contribution >= 0.6 is 0 Å². The number of imidazole rings is 1. The van der Waals surface area contributed by atoms with Crippen molar-refractivity contribution in [2.75, 3.05) is 0 Å². The van der Waals surface area contributed by atoms with Gasteiger partial charge in [-0.2, -0.15) is 5.26 Å². The molecule has 0 amide bonds. The lowest BCUT2D eigenvalue weighted by Gasteiger charge is -1.98. The first-order valence-corrected chi connectivity index (χ1v) is 4.45. The van der Waals surface area contributed by atoms with Crippen molar-refractivity contribution in [2.45, 2.75) is 19.9 Å². The molecule has 0 spiro atoms. The summed E-state index contributed by atoms with van der Waals surface area (Å²) >= 11 is 0. The first kappa shape index (κ1) is 8.70. The average molecular weight is 186 g/mol. The average Bonchev–Trinajstić information content (AvgIpc) is 2.57. The molecule has 0 saturated heterocycles. The molecule has 4 nitrogen and oxygen atoms in total. The van der Waals surface area contributed by atoms with Crippen LogP contribution in [0.15, 0.2) is 18.6 Å². The van der Waals surface area contributed by atoms with E-state index in [1.807, 2.05) is 23.8 Å². The number of hydrogen-bond donors (Lipinski definition) is 0. The van der Waals surface area contributed by atoms with E-state index in [0.717, 1.165) is 16.7 Å². The largest absolute Gasteiger partial charge is 0.314 e. The van der Waals surface area contributed by atoms with Crippen molar-refractivity contribution in [2.24, 2.45) is 0 Å². The summed E-state index contributed by atoms with van der Waals surface area (Å²) in [5.41, 5.74) is 2.84. The standard InChI is InChI=1S/C10H10N4/c1-8-5-9-10(12-6-8)14(7-13-9)4-2-3-11/h5-7H,2,4H2,1H3.